The van der Waals surface area contributed by atoms with Gasteiger partial charge in [-0.25, -0.2) is 0 Å². The van der Waals surface area contributed by atoms with E-state index in [4.69, 9.17) is 10.00 Å². The Balaban J connectivity index is 2.47. The monoisotopic (exact) mass is 244 g/mol. The van der Waals surface area contributed by atoms with Crippen LogP contribution in [0, 0.1) is 11.3 Å². The van der Waals surface area contributed by atoms with Gasteiger partial charge in [-0.3, -0.25) is 4.79 Å². The molecule has 1 amide bonds. The summed E-state index contributed by atoms with van der Waals surface area (Å²) in [6.07, 6.45) is 0. The third kappa shape index (κ3) is 1.92. The Morgan fingerprint density at radius 2 is 2.06 bits per heavy atom. The van der Waals surface area contributed by atoms with Crippen LogP contribution in [0.4, 0.5) is 5.69 Å². The number of hydrogen-bond acceptors (Lipinski definition) is 3. The molecule has 0 aliphatic carbocycles. The molecular formula is C14H16N2O2. The van der Waals surface area contributed by atoms with E-state index in [0.29, 0.717) is 11.4 Å². The number of rotatable bonds is 1. The van der Waals surface area contributed by atoms with Gasteiger partial charge in [0.15, 0.2) is 5.60 Å². The number of carbonyl (C=O) groups excluding carboxylic acids is 1. The minimum Gasteiger partial charge on any atom is -0.476 e. The van der Waals surface area contributed by atoms with Gasteiger partial charge in [0.25, 0.3) is 5.91 Å². The Hall–Kier alpha value is -2.02. The van der Waals surface area contributed by atoms with Gasteiger partial charge in [0, 0.05) is 0 Å². The van der Waals surface area contributed by atoms with Gasteiger partial charge in [-0.05, 0) is 45.4 Å². The minimum absolute atomic E-state index is 0.165. The number of nitriles is 1. The third-order valence-corrected chi connectivity index (χ3v) is 3.14. The molecule has 18 heavy (non-hydrogen) atoms. The fourth-order valence-electron chi connectivity index (χ4n) is 1.76. The van der Waals surface area contributed by atoms with Crippen LogP contribution in [0.2, 0.25) is 0 Å². The van der Waals surface area contributed by atoms with Crippen molar-refractivity contribution in [1.82, 2.24) is 0 Å². The van der Waals surface area contributed by atoms with E-state index in [9.17, 15) is 4.79 Å². The smallest absolute Gasteiger partial charge is 0.268 e. The molecule has 1 aliphatic rings. The van der Waals surface area contributed by atoms with Crippen LogP contribution in [-0.2, 0) is 10.2 Å². The van der Waals surface area contributed by atoms with Gasteiger partial charge in [0.1, 0.15) is 5.75 Å². The van der Waals surface area contributed by atoms with Crippen molar-refractivity contribution in [3.05, 3.63) is 23.8 Å². The van der Waals surface area contributed by atoms with E-state index in [1.807, 2.05) is 26.0 Å². The van der Waals surface area contributed by atoms with Crippen molar-refractivity contribution < 1.29 is 9.53 Å². The van der Waals surface area contributed by atoms with E-state index in [-0.39, 0.29) is 5.91 Å². The van der Waals surface area contributed by atoms with E-state index >= 15 is 0 Å². The summed E-state index contributed by atoms with van der Waals surface area (Å²) in [5, 5.41) is 11.9. The molecule has 0 fully saturated rings. The highest BCUT2D eigenvalue weighted by atomic mass is 16.5. The van der Waals surface area contributed by atoms with Crippen LogP contribution in [-0.4, -0.2) is 11.5 Å². The van der Waals surface area contributed by atoms with Crippen molar-refractivity contribution in [2.24, 2.45) is 0 Å². The molecule has 0 spiro atoms. The van der Waals surface area contributed by atoms with Crippen LogP contribution >= 0.6 is 0 Å². The molecule has 1 heterocycles. The predicted octanol–water partition coefficient (Wildman–Crippen LogP) is 2.60. The number of ether oxygens (including phenoxy) is 1. The van der Waals surface area contributed by atoms with Crippen LogP contribution in [0.3, 0.4) is 0 Å². The second-order valence-corrected chi connectivity index (χ2v) is 5.51. The number of nitrogens with zero attached hydrogens (tertiary/aromatic N) is 1. The summed E-state index contributed by atoms with van der Waals surface area (Å²) in [5.74, 6) is 0.447. The van der Waals surface area contributed by atoms with Gasteiger partial charge in [0.2, 0.25) is 0 Å². The molecule has 0 bridgehead atoms. The van der Waals surface area contributed by atoms with Gasteiger partial charge < -0.3 is 10.1 Å². The fourth-order valence-corrected chi connectivity index (χ4v) is 1.76. The van der Waals surface area contributed by atoms with Crippen LogP contribution in [0.15, 0.2) is 18.2 Å². The lowest BCUT2D eigenvalue weighted by Gasteiger charge is -2.32. The number of carbonyl (C=O) groups is 1. The van der Waals surface area contributed by atoms with Crippen molar-refractivity contribution in [2.75, 3.05) is 5.32 Å². The maximum Gasteiger partial charge on any atom is 0.268 e. The fraction of sp³-hybridized carbons (Fsp3) is 0.429. The number of amides is 1. The zero-order chi connectivity index (χ0) is 13.6. The van der Waals surface area contributed by atoms with E-state index in [2.05, 4.69) is 11.4 Å². The molecule has 2 rings (SSSR count). The van der Waals surface area contributed by atoms with Crippen molar-refractivity contribution in [1.29, 1.82) is 5.26 Å². The summed E-state index contributed by atoms with van der Waals surface area (Å²) >= 11 is 0. The van der Waals surface area contributed by atoms with Crippen LogP contribution in [0.5, 0.6) is 5.75 Å². The maximum absolute atomic E-state index is 11.7. The summed E-state index contributed by atoms with van der Waals surface area (Å²) in [6.45, 7) is 7.13. The van der Waals surface area contributed by atoms with Gasteiger partial charge >= 0.3 is 0 Å². The normalized spacial score (nSPS) is 17.2. The Kier molecular flexibility index (Phi) is 2.58. The van der Waals surface area contributed by atoms with Gasteiger partial charge in [0.05, 0.1) is 17.2 Å². The van der Waals surface area contributed by atoms with E-state index in [0.717, 1.165) is 5.56 Å². The Morgan fingerprint density at radius 1 is 1.39 bits per heavy atom. The Morgan fingerprint density at radius 3 is 2.67 bits per heavy atom. The van der Waals surface area contributed by atoms with Crippen LogP contribution < -0.4 is 10.1 Å². The maximum atomic E-state index is 11.7. The van der Waals surface area contributed by atoms with Crippen LogP contribution in [0.25, 0.3) is 0 Å². The molecule has 0 atom stereocenters. The first-order valence-corrected chi connectivity index (χ1v) is 5.82. The lowest BCUT2D eigenvalue weighted by Crippen LogP contribution is -2.45. The van der Waals surface area contributed by atoms with Crippen molar-refractivity contribution in [3.8, 4) is 11.8 Å². The highest BCUT2D eigenvalue weighted by molar-refractivity contribution is 6.00. The van der Waals surface area contributed by atoms with E-state index in [1.54, 1.807) is 19.9 Å². The summed E-state index contributed by atoms with van der Waals surface area (Å²) < 4.78 is 5.69. The largest absolute Gasteiger partial charge is 0.476 e. The highest BCUT2D eigenvalue weighted by Crippen LogP contribution is 2.36. The van der Waals surface area contributed by atoms with Gasteiger partial charge in [-0.15, -0.1) is 0 Å². The topological polar surface area (TPSA) is 62.1 Å². The molecule has 1 N–H and O–H groups in total. The van der Waals surface area contributed by atoms with E-state index in [1.165, 1.54) is 0 Å². The van der Waals surface area contributed by atoms with Crippen molar-refractivity contribution >= 4 is 11.6 Å². The number of anilines is 1. The summed E-state index contributed by atoms with van der Waals surface area (Å²) in [4.78, 5) is 11.7. The lowest BCUT2D eigenvalue weighted by atomic mass is 9.86. The first-order valence-electron chi connectivity index (χ1n) is 5.82. The number of hydrogen-bond donors (Lipinski definition) is 1. The average molecular weight is 244 g/mol. The molecule has 0 saturated carbocycles. The summed E-state index contributed by atoms with van der Waals surface area (Å²) in [7, 11) is 0. The van der Waals surface area contributed by atoms with Crippen molar-refractivity contribution in [3.63, 3.8) is 0 Å². The molecular weight excluding hydrogens is 228 g/mol. The second-order valence-electron chi connectivity index (χ2n) is 5.51. The van der Waals surface area contributed by atoms with Crippen LogP contribution in [0.1, 0.15) is 33.3 Å². The van der Waals surface area contributed by atoms with Crippen molar-refractivity contribution in [2.45, 2.75) is 38.7 Å². The SMILES string of the molecule is CC1(C)Oc2cc(C(C)(C)C#N)ccc2NC1=O. The molecule has 0 radical (unpaired) electrons. The minimum atomic E-state index is -0.886. The Labute approximate surface area is 107 Å². The lowest BCUT2D eigenvalue weighted by molar-refractivity contribution is -0.129. The molecule has 94 valence electrons. The second kappa shape index (κ2) is 3.74. The highest BCUT2D eigenvalue weighted by Gasteiger charge is 2.36. The molecule has 0 unspecified atom stereocenters. The molecule has 1 aliphatic heterocycles. The predicted molar refractivity (Wildman–Crippen MR) is 68.4 cm³/mol. The summed E-state index contributed by atoms with van der Waals surface area (Å²) in [5.41, 5.74) is 0.0550. The quantitative estimate of drug-likeness (QED) is 0.826. The first kappa shape index (κ1) is 12.4. The molecule has 0 saturated heterocycles. The van der Waals surface area contributed by atoms with Gasteiger partial charge in [-0.1, -0.05) is 6.07 Å². The molecule has 1 aromatic rings. The van der Waals surface area contributed by atoms with E-state index < -0.39 is 11.0 Å². The first-order chi connectivity index (χ1) is 8.26. The zero-order valence-electron chi connectivity index (χ0n) is 11.0. The standard InChI is InChI=1S/C14H16N2O2/c1-13(2,8-15)9-5-6-10-11(7-9)18-14(3,4)12(17)16-10/h5-7H,1-4H3,(H,16,17). The number of benzene rings is 1. The average Bonchev–Trinajstić information content (AvgIpc) is 2.29. The summed E-state index contributed by atoms with van der Waals surface area (Å²) in [6, 6.07) is 7.68. The number of nitrogens with one attached hydrogen (secondary N) is 1. The molecule has 0 aromatic heterocycles. The zero-order valence-corrected chi connectivity index (χ0v) is 11.0. The number of fused-ring (bicyclic) bond motifs is 1. The molecule has 4 nitrogen and oxygen atoms in total. The third-order valence-electron chi connectivity index (χ3n) is 3.14. The Bertz CT molecular complexity index is 553. The molecule has 4 heteroatoms. The molecule has 1 aromatic carbocycles. The van der Waals surface area contributed by atoms with Gasteiger partial charge in [-0.2, -0.15) is 5.26 Å².